The number of hydrogen-bond donors (Lipinski definition) is 2. The molecule has 0 bridgehead atoms. The Morgan fingerprint density at radius 3 is 2.44 bits per heavy atom. The number of nitrogens with two attached hydrogens (primary N) is 1. The molecular weight excluding hydrogens is 558 g/mol. The van der Waals surface area contributed by atoms with Crippen molar-refractivity contribution in [2.24, 2.45) is 0 Å². The number of aryl methyl sites for hydroxylation is 1. The minimum absolute atomic E-state index is 0.0844. The Hall–Kier alpha value is -4.98. The third-order valence-corrected chi connectivity index (χ3v) is 7.68. The van der Waals surface area contributed by atoms with Gasteiger partial charge in [-0.25, -0.2) is 23.1 Å². The molecule has 0 amide bonds. The fourth-order valence-electron chi connectivity index (χ4n) is 4.42. The van der Waals surface area contributed by atoms with Crippen molar-refractivity contribution in [1.82, 2.24) is 24.3 Å². The highest BCUT2D eigenvalue weighted by Gasteiger charge is 2.25. The van der Waals surface area contributed by atoms with Gasteiger partial charge in [-0.1, -0.05) is 6.07 Å². The lowest BCUT2D eigenvalue weighted by atomic mass is 10.0. The number of pyridine rings is 1. The summed E-state index contributed by atoms with van der Waals surface area (Å²) in [6.45, 7) is -0.536. The van der Waals surface area contributed by atoms with E-state index in [1.165, 1.54) is 31.5 Å². The topological polar surface area (TPSA) is 155 Å². The van der Waals surface area contributed by atoms with Crippen LogP contribution in [0.1, 0.15) is 24.0 Å². The van der Waals surface area contributed by atoms with E-state index in [9.17, 15) is 28.3 Å². The van der Waals surface area contributed by atoms with Gasteiger partial charge in [-0.05, 0) is 48.7 Å². The lowest BCUT2D eigenvalue weighted by Gasteiger charge is -2.13. The van der Waals surface area contributed by atoms with E-state index in [0.717, 1.165) is 32.6 Å². The highest BCUT2D eigenvalue weighted by molar-refractivity contribution is 7.22. The van der Waals surface area contributed by atoms with E-state index in [1.54, 1.807) is 12.1 Å². The van der Waals surface area contributed by atoms with Crippen LogP contribution in [0, 0.1) is 11.6 Å². The second-order valence-electron chi connectivity index (χ2n) is 8.95. The first-order valence-corrected chi connectivity index (χ1v) is 13.1. The van der Waals surface area contributed by atoms with Gasteiger partial charge in [-0.2, -0.15) is 0 Å². The van der Waals surface area contributed by atoms with Crippen molar-refractivity contribution in [2.75, 3.05) is 12.8 Å². The van der Waals surface area contributed by atoms with Gasteiger partial charge in [0.1, 0.15) is 22.3 Å². The molecule has 3 N–H and O–H groups in total. The number of nitrogens with zero attached hydrogens (tertiary/aromatic N) is 5. The van der Waals surface area contributed by atoms with E-state index >= 15 is 0 Å². The highest BCUT2D eigenvalue weighted by atomic mass is 32.1. The van der Waals surface area contributed by atoms with Crippen molar-refractivity contribution in [1.29, 1.82) is 0 Å². The Kier molecular flexibility index (Phi) is 7.57. The Morgan fingerprint density at radius 2 is 1.83 bits per heavy atom. The molecule has 14 heteroatoms. The zero-order chi connectivity index (χ0) is 29.3. The predicted molar refractivity (Wildman–Crippen MR) is 148 cm³/mol. The van der Waals surface area contributed by atoms with Gasteiger partial charge in [0.25, 0.3) is 5.56 Å². The maximum atomic E-state index is 14.8. The maximum absolute atomic E-state index is 14.8. The molecule has 0 fully saturated rings. The molecule has 5 aromatic rings. The van der Waals surface area contributed by atoms with E-state index in [-0.39, 0.29) is 52.6 Å². The van der Waals surface area contributed by atoms with Crippen LogP contribution in [0.5, 0.6) is 5.88 Å². The number of thiophene rings is 1. The number of nitrogen functional groups attached to an aromatic ring is 1. The lowest BCUT2D eigenvalue weighted by molar-refractivity contribution is -0.137. The van der Waals surface area contributed by atoms with Crippen LogP contribution in [0.3, 0.4) is 0 Å². The third kappa shape index (κ3) is 5.28. The smallest absolute Gasteiger partial charge is 0.338 e. The largest absolute Gasteiger partial charge is 0.481 e. The van der Waals surface area contributed by atoms with Gasteiger partial charge in [0, 0.05) is 34.7 Å². The number of anilines is 1. The van der Waals surface area contributed by atoms with Crippen LogP contribution in [-0.4, -0.2) is 42.5 Å². The summed E-state index contributed by atoms with van der Waals surface area (Å²) in [4.78, 5) is 44.0. The number of carbonyl (C=O) groups is 1. The second kappa shape index (κ2) is 11.3. The molecule has 5 rings (SSSR count). The van der Waals surface area contributed by atoms with Gasteiger partial charge in [0.2, 0.25) is 5.88 Å². The Morgan fingerprint density at radius 1 is 1.07 bits per heavy atom. The molecule has 0 saturated heterocycles. The van der Waals surface area contributed by atoms with E-state index in [0.29, 0.717) is 16.0 Å². The number of aliphatic carboxylic acids is 1. The average molecular weight is 581 g/mol. The van der Waals surface area contributed by atoms with Crippen LogP contribution in [0.2, 0.25) is 0 Å². The summed E-state index contributed by atoms with van der Waals surface area (Å²) in [6, 6.07) is 9.36. The second-order valence-corrected chi connectivity index (χ2v) is 9.95. The molecule has 0 unspecified atom stereocenters. The number of rotatable bonds is 9. The van der Waals surface area contributed by atoms with Gasteiger partial charge in [0.05, 0.1) is 19.0 Å². The summed E-state index contributed by atoms with van der Waals surface area (Å²) in [5.41, 5.74) is 4.76. The average Bonchev–Trinajstić information content (AvgIpc) is 3.32. The molecular formula is C27H22F2N6O5S. The minimum atomic E-state index is -1.02. The summed E-state index contributed by atoms with van der Waals surface area (Å²) >= 11 is 1.06. The zero-order valence-electron chi connectivity index (χ0n) is 21.5. The van der Waals surface area contributed by atoms with E-state index < -0.39 is 35.4 Å². The van der Waals surface area contributed by atoms with Crippen LogP contribution < -0.4 is 21.7 Å². The van der Waals surface area contributed by atoms with E-state index in [2.05, 4.69) is 15.2 Å². The number of carboxylic acids is 1. The molecule has 0 spiro atoms. The van der Waals surface area contributed by atoms with Crippen LogP contribution in [-0.2, 0) is 17.8 Å². The highest BCUT2D eigenvalue weighted by Crippen LogP contribution is 2.38. The van der Waals surface area contributed by atoms with Crippen molar-refractivity contribution in [3.05, 3.63) is 92.3 Å². The third-order valence-electron chi connectivity index (χ3n) is 6.38. The molecule has 0 aliphatic rings. The molecule has 0 aliphatic carbocycles. The Labute approximate surface area is 234 Å². The molecule has 210 valence electrons. The van der Waals surface area contributed by atoms with Gasteiger partial charge in [-0.3, -0.25) is 14.2 Å². The maximum Gasteiger partial charge on any atom is 0.338 e. The molecule has 1 aromatic carbocycles. The minimum Gasteiger partial charge on any atom is -0.481 e. The summed E-state index contributed by atoms with van der Waals surface area (Å²) in [5, 5.41) is 17.1. The first-order chi connectivity index (χ1) is 19.7. The summed E-state index contributed by atoms with van der Waals surface area (Å²) < 4.78 is 36.4. The summed E-state index contributed by atoms with van der Waals surface area (Å²) in [7, 11) is 1.38. The van der Waals surface area contributed by atoms with Crippen molar-refractivity contribution in [3.63, 3.8) is 0 Å². The van der Waals surface area contributed by atoms with Crippen molar-refractivity contribution in [3.8, 4) is 22.1 Å². The number of aromatic nitrogens is 5. The lowest BCUT2D eigenvalue weighted by Crippen LogP contribution is -2.39. The number of halogens is 2. The quantitative estimate of drug-likeness (QED) is 0.267. The Balaban J connectivity index is 1.85. The van der Waals surface area contributed by atoms with Crippen LogP contribution >= 0.6 is 11.3 Å². The standard InChI is InChI=1S/C27H22F2N6O5S/c1-40-21-11-10-20(32-33-21)35-25(38)23-15(4-2-7-22(36)37)24(14-8-9-19(30)31-12-14)41-26(23)34(27(35)39)13-16-17(28)5-3-6-18(16)29/h3,5-6,8-12H,2,4,7,13H2,1H3,(H2,30,31)(H,36,37). The first kappa shape index (κ1) is 27.6. The van der Waals surface area contributed by atoms with Gasteiger partial charge in [-0.15, -0.1) is 21.5 Å². The van der Waals surface area contributed by atoms with Crippen molar-refractivity contribution in [2.45, 2.75) is 25.8 Å². The molecule has 0 aliphatic heterocycles. The van der Waals surface area contributed by atoms with Crippen LogP contribution in [0.25, 0.3) is 26.5 Å². The zero-order valence-corrected chi connectivity index (χ0v) is 22.3. The predicted octanol–water partition coefficient (Wildman–Crippen LogP) is 3.39. The molecule has 11 nitrogen and oxygen atoms in total. The van der Waals surface area contributed by atoms with Crippen molar-refractivity contribution < 1.29 is 23.4 Å². The van der Waals surface area contributed by atoms with E-state index in [4.69, 9.17) is 10.5 Å². The number of hydrogen-bond acceptors (Lipinski definition) is 9. The van der Waals surface area contributed by atoms with Crippen LogP contribution in [0.15, 0.2) is 58.3 Å². The van der Waals surface area contributed by atoms with E-state index in [1.807, 2.05) is 0 Å². The summed E-state index contributed by atoms with van der Waals surface area (Å²) in [6.07, 6.45) is 1.66. The first-order valence-electron chi connectivity index (χ1n) is 12.3. The number of fused-ring (bicyclic) bond motifs is 1. The number of methoxy groups -OCH3 is 1. The number of ether oxygens (including phenoxy) is 1. The Bertz CT molecular complexity index is 1860. The van der Waals surface area contributed by atoms with Gasteiger partial charge < -0.3 is 15.6 Å². The SMILES string of the molecule is COc1ccc(-n2c(=O)c3c(CCCC(=O)O)c(-c4ccc(N)nc4)sc3n(Cc3c(F)cccc3F)c2=O)nn1. The molecule has 0 saturated carbocycles. The fourth-order valence-corrected chi connectivity index (χ4v) is 5.75. The fraction of sp³-hybridized carbons (Fsp3) is 0.185. The molecule has 0 atom stereocenters. The normalized spacial score (nSPS) is 11.2. The molecule has 0 radical (unpaired) electrons. The number of carboxylic acid groups (broad SMARTS) is 1. The van der Waals surface area contributed by atoms with Gasteiger partial charge in [0.15, 0.2) is 5.82 Å². The van der Waals surface area contributed by atoms with Crippen LogP contribution in [0.4, 0.5) is 14.6 Å². The monoisotopic (exact) mass is 580 g/mol. The summed E-state index contributed by atoms with van der Waals surface area (Å²) in [5.74, 6) is -2.49. The molecule has 4 heterocycles. The van der Waals surface area contributed by atoms with Gasteiger partial charge >= 0.3 is 11.7 Å². The number of benzene rings is 1. The van der Waals surface area contributed by atoms with Crippen molar-refractivity contribution >= 4 is 33.3 Å². The molecule has 4 aromatic heterocycles. The molecule has 41 heavy (non-hydrogen) atoms.